The van der Waals surface area contributed by atoms with Gasteiger partial charge in [0, 0.05) is 28.6 Å². The fourth-order valence-corrected chi connectivity index (χ4v) is 1.95. The summed E-state index contributed by atoms with van der Waals surface area (Å²) in [5, 5.41) is 3.96. The summed E-state index contributed by atoms with van der Waals surface area (Å²) in [6, 6.07) is 3.63. The van der Waals surface area contributed by atoms with E-state index in [-0.39, 0.29) is 0 Å². The van der Waals surface area contributed by atoms with E-state index in [1.54, 1.807) is 6.20 Å². The van der Waals surface area contributed by atoms with Crippen LogP contribution in [0, 0.1) is 0 Å². The molecule has 19 heavy (non-hydrogen) atoms. The lowest BCUT2D eigenvalue weighted by molar-refractivity contribution is -0.137. The average Bonchev–Trinajstić information content (AvgIpc) is 2.76. The highest BCUT2D eigenvalue weighted by Gasteiger charge is 2.30. The standard InChI is InChI=1S/C12H11F3N4/c13-12(14,15)9-3-4-11-10(6-9)8(7-17-11)2-1-5-18-19-16/h3-4,6-7,17H,1-2,5H2. The molecule has 0 saturated carbocycles. The molecule has 0 bridgehead atoms. The van der Waals surface area contributed by atoms with Gasteiger partial charge >= 0.3 is 6.18 Å². The summed E-state index contributed by atoms with van der Waals surface area (Å²) in [5.41, 5.74) is 8.96. The first-order valence-electron chi connectivity index (χ1n) is 5.70. The molecular weight excluding hydrogens is 257 g/mol. The van der Waals surface area contributed by atoms with Crippen LogP contribution in [0.25, 0.3) is 21.3 Å². The molecule has 4 nitrogen and oxygen atoms in total. The predicted octanol–water partition coefficient (Wildman–Crippen LogP) is 4.43. The lowest BCUT2D eigenvalue weighted by Crippen LogP contribution is -2.04. The van der Waals surface area contributed by atoms with Gasteiger partial charge in [0.2, 0.25) is 0 Å². The zero-order chi connectivity index (χ0) is 13.9. The Morgan fingerprint density at radius 3 is 2.79 bits per heavy atom. The fourth-order valence-electron chi connectivity index (χ4n) is 1.95. The van der Waals surface area contributed by atoms with Crippen LogP contribution >= 0.6 is 0 Å². The highest BCUT2D eigenvalue weighted by atomic mass is 19.4. The molecule has 0 aliphatic carbocycles. The van der Waals surface area contributed by atoms with Crippen molar-refractivity contribution in [2.45, 2.75) is 19.0 Å². The molecule has 100 valence electrons. The molecular formula is C12H11F3N4. The van der Waals surface area contributed by atoms with Crippen molar-refractivity contribution in [3.8, 4) is 0 Å². The first-order valence-corrected chi connectivity index (χ1v) is 5.70. The van der Waals surface area contributed by atoms with Crippen molar-refractivity contribution < 1.29 is 13.2 Å². The smallest absolute Gasteiger partial charge is 0.361 e. The minimum Gasteiger partial charge on any atom is -0.361 e. The topological polar surface area (TPSA) is 64.6 Å². The Labute approximate surface area is 106 Å². The summed E-state index contributed by atoms with van der Waals surface area (Å²) < 4.78 is 37.9. The first-order chi connectivity index (χ1) is 9.02. The SMILES string of the molecule is [N-]=[N+]=NCCCc1c[nH]c2ccc(C(F)(F)F)cc12. The van der Waals surface area contributed by atoms with Crippen molar-refractivity contribution in [1.29, 1.82) is 0 Å². The van der Waals surface area contributed by atoms with E-state index >= 15 is 0 Å². The molecule has 0 atom stereocenters. The highest BCUT2D eigenvalue weighted by molar-refractivity contribution is 5.84. The van der Waals surface area contributed by atoms with Gasteiger partial charge in [0.15, 0.2) is 0 Å². The lowest BCUT2D eigenvalue weighted by atomic mass is 10.1. The van der Waals surface area contributed by atoms with Crippen LogP contribution in [0.3, 0.4) is 0 Å². The minimum absolute atomic E-state index is 0.335. The van der Waals surface area contributed by atoms with Gasteiger partial charge in [0.25, 0.3) is 0 Å². The normalized spacial score (nSPS) is 11.5. The van der Waals surface area contributed by atoms with Crippen molar-refractivity contribution in [3.05, 3.63) is 46.0 Å². The van der Waals surface area contributed by atoms with Crippen molar-refractivity contribution in [2.24, 2.45) is 5.11 Å². The van der Waals surface area contributed by atoms with E-state index in [4.69, 9.17) is 5.53 Å². The van der Waals surface area contributed by atoms with Crippen LogP contribution < -0.4 is 0 Å². The summed E-state index contributed by atoms with van der Waals surface area (Å²) in [5.74, 6) is 0. The van der Waals surface area contributed by atoms with Crippen molar-refractivity contribution in [2.75, 3.05) is 6.54 Å². The molecule has 1 heterocycles. The second-order valence-corrected chi connectivity index (χ2v) is 4.13. The number of fused-ring (bicyclic) bond motifs is 1. The molecule has 7 heteroatoms. The van der Waals surface area contributed by atoms with Gasteiger partial charge in [-0.2, -0.15) is 13.2 Å². The van der Waals surface area contributed by atoms with Gasteiger partial charge in [-0.15, -0.1) is 0 Å². The summed E-state index contributed by atoms with van der Waals surface area (Å²) in [6.07, 6.45) is -1.47. The number of azide groups is 1. The number of aromatic nitrogens is 1. The summed E-state index contributed by atoms with van der Waals surface area (Å²) in [7, 11) is 0. The molecule has 0 saturated heterocycles. The fraction of sp³-hybridized carbons (Fsp3) is 0.333. The number of hydrogen-bond donors (Lipinski definition) is 1. The number of nitrogens with one attached hydrogen (secondary N) is 1. The number of aryl methyl sites for hydroxylation is 1. The van der Waals surface area contributed by atoms with Crippen LogP contribution in [-0.2, 0) is 12.6 Å². The molecule has 1 N–H and O–H groups in total. The van der Waals surface area contributed by atoms with Crippen LogP contribution in [0.15, 0.2) is 29.5 Å². The lowest BCUT2D eigenvalue weighted by Gasteiger charge is -2.06. The van der Waals surface area contributed by atoms with Crippen LogP contribution in [0.5, 0.6) is 0 Å². The van der Waals surface area contributed by atoms with E-state index in [0.717, 1.165) is 17.7 Å². The van der Waals surface area contributed by atoms with Gasteiger partial charge in [-0.3, -0.25) is 0 Å². The van der Waals surface area contributed by atoms with Crippen molar-refractivity contribution in [3.63, 3.8) is 0 Å². The molecule has 0 amide bonds. The quantitative estimate of drug-likeness (QED) is 0.369. The van der Waals surface area contributed by atoms with Gasteiger partial charge < -0.3 is 4.98 Å². The van der Waals surface area contributed by atoms with Crippen LogP contribution in [0.2, 0.25) is 0 Å². The van der Waals surface area contributed by atoms with E-state index in [2.05, 4.69) is 15.0 Å². The van der Waals surface area contributed by atoms with E-state index in [9.17, 15) is 13.2 Å². The average molecular weight is 268 g/mol. The van der Waals surface area contributed by atoms with E-state index in [0.29, 0.717) is 30.3 Å². The number of nitrogens with zero attached hydrogens (tertiary/aromatic N) is 3. The van der Waals surface area contributed by atoms with E-state index in [1.807, 2.05) is 0 Å². The summed E-state index contributed by atoms with van der Waals surface area (Å²) in [6.45, 7) is 0.335. The molecule has 1 aromatic carbocycles. The summed E-state index contributed by atoms with van der Waals surface area (Å²) >= 11 is 0. The first kappa shape index (κ1) is 13.3. The molecule has 2 aromatic rings. The number of rotatable bonds is 4. The molecule has 0 spiro atoms. The Balaban J connectivity index is 2.27. The number of benzene rings is 1. The van der Waals surface area contributed by atoms with Crippen molar-refractivity contribution >= 4 is 10.9 Å². The third-order valence-electron chi connectivity index (χ3n) is 2.86. The zero-order valence-electron chi connectivity index (χ0n) is 9.91. The molecule has 0 aliphatic heterocycles. The van der Waals surface area contributed by atoms with E-state index < -0.39 is 11.7 Å². The van der Waals surface area contributed by atoms with Gasteiger partial charge in [-0.25, -0.2) is 0 Å². The van der Waals surface area contributed by atoms with Gasteiger partial charge in [-0.05, 0) is 42.1 Å². The zero-order valence-corrected chi connectivity index (χ0v) is 9.91. The third kappa shape index (κ3) is 3.00. The monoisotopic (exact) mass is 268 g/mol. The molecule has 0 unspecified atom stereocenters. The Morgan fingerprint density at radius 1 is 1.32 bits per heavy atom. The Bertz CT molecular complexity index is 623. The maximum absolute atomic E-state index is 12.6. The molecule has 0 aliphatic rings. The Morgan fingerprint density at radius 2 is 2.11 bits per heavy atom. The largest absolute Gasteiger partial charge is 0.416 e. The number of hydrogen-bond acceptors (Lipinski definition) is 1. The molecule has 1 aromatic heterocycles. The highest BCUT2D eigenvalue weighted by Crippen LogP contribution is 2.32. The molecule has 2 rings (SSSR count). The number of H-pyrrole nitrogens is 1. The van der Waals surface area contributed by atoms with Crippen LogP contribution in [0.1, 0.15) is 17.5 Å². The van der Waals surface area contributed by atoms with Crippen molar-refractivity contribution in [1.82, 2.24) is 4.98 Å². The third-order valence-corrected chi connectivity index (χ3v) is 2.86. The summed E-state index contributed by atoms with van der Waals surface area (Å²) in [4.78, 5) is 5.57. The maximum Gasteiger partial charge on any atom is 0.416 e. The van der Waals surface area contributed by atoms with E-state index in [1.165, 1.54) is 6.07 Å². The minimum atomic E-state index is -4.34. The van der Waals surface area contributed by atoms with Gasteiger partial charge in [-0.1, -0.05) is 5.11 Å². The number of alkyl halides is 3. The number of aromatic amines is 1. The van der Waals surface area contributed by atoms with Gasteiger partial charge in [0.05, 0.1) is 5.56 Å². The predicted molar refractivity (Wildman–Crippen MR) is 65.6 cm³/mol. The van der Waals surface area contributed by atoms with Crippen LogP contribution in [0.4, 0.5) is 13.2 Å². The molecule has 0 fully saturated rings. The van der Waals surface area contributed by atoms with Crippen LogP contribution in [-0.4, -0.2) is 11.5 Å². The second kappa shape index (κ2) is 5.24. The maximum atomic E-state index is 12.6. The van der Waals surface area contributed by atoms with Gasteiger partial charge in [0.1, 0.15) is 0 Å². The number of halogens is 3. The Hall–Kier alpha value is -2.14. The Kier molecular flexibility index (Phi) is 3.66. The molecule has 0 radical (unpaired) electrons. The second-order valence-electron chi connectivity index (χ2n) is 4.13.